The van der Waals surface area contributed by atoms with Gasteiger partial charge in [-0.05, 0) is 34.7 Å². The van der Waals surface area contributed by atoms with Gasteiger partial charge in [-0.1, -0.05) is 0 Å². The quantitative estimate of drug-likeness (QED) is 0.779. The molecule has 1 heterocycles. The van der Waals surface area contributed by atoms with Gasteiger partial charge in [0.15, 0.2) is 0 Å². The van der Waals surface area contributed by atoms with Crippen LogP contribution < -0.4 is 5.32 Å². The highest BCUT2D eigenvalue weighted by atomic mass is 79.9. The number of carbonyl (C=O) groups excluding carboxylic acids is 1. The van der Waals surface area contributed by atoms with Gasteiger partial charge in [0.25, 0.3) is 0 Å². The summed E-state index contributed by atoms with van der Waals surface area (Å²) in [5.41, 5.74) is 2.06. The molecule has 1 saturated carbocycles. The molecule has 0 aromatic carbocycles. The first-order valence-corrected chi connectivity index (χ1v) is 6.83. The second-order valence-electron chi connectivity index (χ2n) is 4.79. The molecule has 4 nitrogen and oxygen atoms in total. The van der Waals surface area contributed by atoms with Crippen molar-refractivity contribution >= 4 is 26.5 Å². The van der Waals surface area contributed by atoms with Gasteiger partial charge in [0.1, 0.15) is 4.62 Å². The van der Waals surface area contributed by atoms with Gasteiger partial charge in [-0.25, -0.2) is 0 Å². The second-order valence-corrected chi connectivity index (χ2v) is 5.58. The van der Waals surface area contributed by atoms with E-state index in [2.05, 4.69) is 21.2 Å². The standard InChI is InChI=1S/C12H18BrN3O/c1-8(17)16-5-4-11(10(7-16)12(13)14)15-6-9-2-3-9/h9,14-15H,2-7H2,1H3. The van der Waals surface area contributed by atoms with Gasteiger partial charge in [-0.2, -0.15) is 0 Å². The van der Waals surface area contributed by atoms with Crippen LogP contribution in [0.2, 0.25) is 0 Å². The zero-order valence-corrected chi connectivity index (χ0v) is 11.6. The molecular weight excluding hydrogens is 282 g/mol. The monoisotopic (exact) mass is 299 g/mol. The molecule has 1 fully saturated rings. The van der Waals surface area contributed by atoms with Crippen LogP contribution in [0.25, 0.3) is 0 Å². The van der Waals surface area contributed by atoms with E-state index in [-0.39, 0.29) is 5.91 Å². The molecule has 1 amide bonds. The minimum absolute atomic E-state index is 0.0810. The zero-order chi connectivity index (χ0) is 12.4. The van der Waals surface area contributed by atoms with Crippen LogP contribution >= 0.6 is 15.9 Å². The summed E-state index contributed by atoms with van der Waals surface area (Å²) in [7, 11) is 0. The number of hydrogen-bond donors (Lipinski definition) is 2. The molecule has 17 heavy (non-hydrogen) atoms. The summed E-state index contributed by atoms with van der Waals surface area (Å²) in [5.74, 6) is 0.900. The summed E-state index contributed by atoms with van der Waals surface area (Å²) in [6, 6.07) is 0. The van der Waals surface area contributed by atoms with Crippen molar-refractivity contribution < 1.29 is 4.79 Å². The third-order valence-electron chi connectivity index (χ3n) is 3.36. The predicted octanol–water partition coefficient (Wildman–Crippen LogP) is 1.86. The predicted molar refractivity (Wildman–Crippen MR) is 71.3 cm³/mol. The molecule has 94 valence electrons. The number of nitrogens with one attached hydrogen (secondary N) is 2. The summed E-state index contributed by atoms with van der Waals surface area (Å²) < 4.78 is 0.391. The van der Waals surface area contributed by atoms with E-state index in [1.54, 1.807) is 11.8 Å². The number of rotatable bonds is 4. The third kappa shape index (κ3) is 3.31. The van der Waals surface area contributed by atoms with Gasteiger partial charge in [0.05, 0.1) is 0 Å². The van der Waals surface area contributed by atoms with Gasteiger partial charge >= 0.3 is 0 Å². The van der Waals surface area contributed by atoms with Gasteiger partial charge in [0, 0.05) is 44.2 Å². The summed E-state index contributed by atoms with van der Waals surface area (Å²) in [6.07, 6.45) is 3.47. The normalized spacial score (nSPS) is 20.5. The molecule has 2 N–H and O–H groups in total. The topological polar surface area (TPSA) is 56.2 Å². The SMILES string of the molecule is CC(=O)N1CCC(NCC2CC2)=C(C(=N)Br)C1. The van der Waals surface area contributed by atoms with E-state index < -0.39 is 0 Å². The molecule has 0 unspecified atom stereocenters. The van der Waals surface area contributed by atoms with Gasteiger partial charge in [0.2, 0.25) is 5.91 Å². The van der Waals surface area contributed by atoms with Crippen LogP contribution in [0.15, 0.2) is 11.3 Å². The van der Waals surface area contributed by atoms with Crippen molar-refractivity contribution in [2.75, 3.05) is 19.6 Å². The van der Waals surface area contributed by atoms with Crippen molar-refractivity contribution in [3.63, 3.8) is 0 Å². The van der Waals surface area contributed by atoms with Crippen molar-refractivity contribution in [1.82, 2.24) is 10.2 Å². The van der Waals surface area contributed by atoms with E-state index >= 15 is 0 Å². The molecule has 0 saturated heterocycles. The highest BCUT2D eigenvalue weighted by Gasteiger charge is 2.25. The van der Waals surface area contributed by atoms with E-state index in [0.717, 1.165) is 36.7 Å². The number of hydrogen-bond acceptors (Lipinski definition) is 3. The molecule has 2 rings (SSSR count). The molecule has 0 aromatic heterocycles. The van der Waals surface area contributed by atoms with E-state index in [9.17, 15) is 4.79 Å². The van der Waals surface area contributed by atoms with Gasteiger partial charge < -0.3 is 10.2 Å². The number of amides is 1. The Labute approximate surface area is 110 Å². The fraction of sp³-hybridized carbons (Fsp3) is 0.667. The first kappa shape index (κ1) is 12.6. The Kier molecular flexibility index (Phi) is 3.86. The lowest BCUT2D eigenvalue weighted by Gasteiger charge is -2.30. The summed E-state index contributed by atoms with van der Waals surface area (Å²) in [6.45, 7) is 3.90. The van der Waals surface area contributed by atoms with Crippen LogP contribution in [0.3, 0.4) is 0 Å². The molecule has 1 aliphatic carbocycles. The summed E-state index contributed by atoms with van der Waals surface area (Å²) in [5, 5.41) is 11.2. The molecule has 0 spiro atoms. The minimum Gasteiger partial charge on any atom is -0.388 e. The van der Waals surface area contributed by atoms with Crippen molar-refractivity contribution in [3.05, 3.63) is 11.3 Å². The molecule has 1 aliphatic heterocycles. The molecule has 0 atom stereocenters. The van der Waals surface area contributed by atoms with Crippen LogP contribution in [0.4, 0.5) is 0 Å². The molecular formula is C12H18BrN3O. The van der Waals surface area contributed by atoms with Crippen LogP contribution in [0, 0.1) is 11.3 Å². The van der Waals surface area contributed by atoms with Crippen molar-refractivity contribution in [1.29, 1.82) is 5.41 Å². The van der Waals surface area contributed by atoms with E-state index in [1.807, 2.05) is 0 Å². The Morgan fingerprint density at radius 3 is 2.82 bits per heavy atom. The highest BCUT2D eigenvalue weighted by molar-refractivity contribution is 9.18. The van der Waals surface area contributed by atoms with Crippen LogP contribution in [-0.2, 0) is 4.79 Å². The van der Waals surface area contributed by atoms with E-state index in [1.165, 1.54) is 12.8 Å². The van der Waals surface area contributed by atoms with Gasteiger partial charge in [-0.15, -0.1) is 0 Å². The van der Waals surface area contributed by atoms with Crippen LogP contribution in [0.5, 0.6) is 0 Å². The average Bonchev–Trinajstić information content (AvgIpc) is 3.09. The number of nitrogens with zero attached hydrogens (tertiary/aromatic N) is 1. The highest BCUT2D eigenvalue weighted by Crippen LogP contribution is 2.28. The lowest BCUT2D eigenvalue weighted by atomic mass is 10.1. The van der Waals surface area contributed by atoms with E-state index in [4.69, 9.17) is 5.41 Å². The van der Waals surface area contributed by atoms with Crippen molar-refractivity contribution in [2.45, 2.75) is 26.2 Å². The fourth-order valence-electron chi connectivity index (χ4n) is 2.02. The maximum absolute atomic E-state index is 11.3. The lowest BCUT2D eigenvalue weighted by Crippen LogP contribution is -2.39. The summed E-state index contributed by atoms with van der Waals surface area (Å²) >= 11 is 3.22. The molecule has 0 aromatic rings. The van der Waals surface area contributed by atoms with Crippen molar-refractivity contribution in [2.24, 2.45) is 5.92 Å². The van der Waals surface area contributed by atoms with E-state index in [0.29, 0.717) is 11.2 Å². The van der Waals surface area contributed by atoms with Crippen LogP contribution in [-0.4, -0.2) is 35.1 Å². The minimum atomic E-state index is 0.0810. The Morgan fingerprint density at radius 1 is 1.59 bits per heavy atom. The van der Waals surface area contributed by atoms with Crippen LogP contribution in [0.1, 0.15) is 26.2 Å². The fourth-order valence-corrected chi connectivity index (χ4v) is 2.38. The molecule has 5 heteroatoms. The molecule has 0 bridgehead atoms. The maximum Gasteiger partial charge on any atom is 0.219 e. The Morgan fingerprint density at radius 2 is 2.29 bits per heavy atom. The Balaban J connectivity index is 2.04. The molecule has 2 aliphatic rings. The second kappa shape index (κ2) is 5.21. The first-order valence-electron chi connectivity index (χ1n) is 6.03. The average molecular weight is 300 g/mol. The first-order chi connectivity index (χ1) is 8.08. The van der Waals surface area contributed by atoms with Crippen molar-refractivity contribution in [3.8, 4) is 0 Å². The molecule has 0 radical (unpaired) electrons. The number of halogens is 1. The zero-order valence-electron chi connectivity index (χ0n) is 10.1. The summed E-state index contributed by atoms with van der Waals surface area (Å²) in [4.78, 5) is 13.1. The Bertz CT molecular complexity index is 374. The maximum atomic E-state index is 11.3. The van der Waals surface area contributed by atoms with Gasteiger partial charge in [-0.3, -0.25) is 10.2 Å². The Hall–Kier alpha value is -0.840. The largest absolute Gasteiger partial charge is 0.388 e. The third-order valence-corrected chi connectivity index (χ3v) is 3.83. The lowest BCUT2D eigenvalue weighted by molar-refractivity contribution is -0.128. The number of carbonyl (C=O) groups is 1. The smallest absolute Gasteiger partial charge is 0.219 e.